The number of benzene rings is 1. The Bertz CT molecular complexity index is 855. The van der Waals surface area contributed by atoms with Crippen LogP contribution in [0.1, 0.15) is 47.0 Å². The van der Waals surface area contributed by atoms with Crippen LogP contribution in [0.15, 0.2) is 29.1 Å². The zero-order valence-electron chi connectivity index (χ0n) is 13.6. The molecular formula is C18H18F3N3O. The van der Waals surface area contributed by atoms with Crippen LogP contribution in [0.4, 0.5) is 13.2 Å². The van der Waals surface area contributed by atoms with Crippen molar-refractivity contribution in [3.63, 3.8) is 0 Å². The maximum absolute atomic E-state index is 12.8. The van der Waals surface area contributed by atoms with Gasteiger partial charge in [-0.1, -0.05) is 18.2 Å². The molecule has 4 nitrogen and oxygen atoms in total. The molecule has 0 spiro atoms. The van der Waals surface area contributed by atoms with Gasteiger partial charge in [0, 0.05) is 32.0 Å². The van der Waals surface area contributed by atoms with Crippen LogP contribution in [0.2, 0.25) is 0 Å². The molecule has 0 bridgehead atoms. The van der Waals surface area contributed by atoms with E-state index < -0.39 is 11.7 Å². The Morgan fingerprint density at radius 2 is 2.08 bits per heavy atom. The van der Waals surface area contributed by atoms with Gasteiger partial charge in [-0.25, -0.2) is 4.98 Å². The number of alkyl halides is 3. The van der Waals surface area contributed by atoms with E-state index in [2.05, 4.69) is 9.97 Å². The van der Waals surface area contributed by atoms with Crippen molar-refractivity contribution in [3.05, 3.63) is 62.8 Å². The molecule has 132 valence electrons. The average Bonchev–Trinajstić information content (AvgIpc) is 3.40. The molecule has 7 heteroatoms. The highest BCUT2D eigenvalue weighted by molar-refractivity contribution is 5.27. The number of fused-ring (bicyclic) bond motifs is 1. The van der Waals surface area contributed by atoms with Crippen LogP contribution in [0.5, 0.6) is 0 Å². The third-order valence-corrected chi connectivity index (χ3v) is 4.79. The summed E-state index contributed by atoms with van der Waals surface area (Å²) in [5.41, 5.74) is 1.32. The van der Waals surface area contributed by atoms with Crippen molar-refractivity contribution < 1.29 is 13.2 Å². The smallest absolute Gasteiger partial charge is 0.310 e. The highest BCUT2D eigenvalue weighted by Crippen LogP contribution is 2.38. The van der Waals surface area contributed by atoms with Gasteiger partial charge >= 0.3 is 6.18 Å². The molecule has 1 fully saturated rings. The summed E-state index contributed by atoms with van der Waals surface area (Å²) in [5, 5.41) is 0. The Morgan fingerprint density at radius 1 is 1.28 bits per heavy atom. The van der Waals surface area contributed by atoms with Crippen molar-refractivity contribution in [2.75, 3.05) is 6.54 Å². The summed E-state index contributed by atoms with van der Waals surface area (Å²) in [6.07, 6.45) is -1.55. The Labute approximate surface area is 142 Å². The van der Waals surface area contributed by atoms with Crippen LogP contribution < -0.4 is 5.56 Å². The molecule has 1 N–H and O–H groups in total. The lowest BCUT2D eigenvalue weighted by molar-refractivity contribution is -0.137. The quantitative estimate of drug-likeness (QED) is 0.926. The highest BCUT2D eigenvalue weighted by Gasteiger charge is 2.31. The Hall–Kier alpha value is -2.15. The molecule has 0 unspecified atom stereocenters. The molecular weight excluding hydrogens is 331 g/mol. The Balaban J connectivity index is 1.52. The number of halogens is 3. The number of nitrogens with zero attached hydrogens (tertiary/aromatic N) is 2. The molecule has 2 aromatic rings. The lowest BCUT2D eigenvalue weighted by atomic mass is 10.0. The van der Waals surface area contributed by atoms with Gasteiger partial charge in [0.05, 0.1) is 16.8 Å². The first-order valence-electron chi connectivity index (χ1n) is 8.40. The molecule has 1 aromatic carbocycles. The van der Waals surface area contributed by atoms with Crippen molar-refractivity contribution in [2.45, 2.75) is 44.4 Å². The molecule has 4 rings (SSSR count). The maximum atomic E-state index is 12.8. The minimum absolute atomic E-state index is 0.111. The van der Waals surface area contributed by atoms with Gasteiger partial charge in [0.15, 0.2) is 0 Å². The number of nitrogens with one attached hydrogen (secondary N) is 1. The standard InChI is InChI=1S/C18H18F3N3O/c19-18(20,21)13-3-1-2-11(8-13)9-24-7-6-15-14(10-24)17(25)23-16(22-15)12-4-5-12/h1-3,8,12H,4-7,9-10H2,(H,22,23,25). The molecule has 1 aliphatic heterocycles. The predicted molar refractivity (Wildman–Crippen MR) is 86.1 cm³/mol. The fourth-order valence-corrected chi connectivity index (χ4v) is 3.29. The van der Waals surface area contributed by atoms with Gasteiger partial charge in [0.25, 0.3) is 5.56 Å². The molecule has 1 aliphatic carbocycles. The number of rotatable bonds is 3. The minimum atomic E-state index is -4.34. The fourth-order valence-electron chi connectivity index (χ4n) is 3.29. The van der Waals surface area contributed by atoms with Gasteiger partial charge in [-0.3, -0.25) is 9.69 Å². The molecule has 0 amide bonds. The number of aromatic nitrogens is 2. The van der Waals surface area contributed by atoms with Crippen molar-refractivity contribution in [1.29, 1.82) is 0 Å². The summed E-state index contributed by atoms with van der Waals surface area (Å²) in [6, 6.07) is 5.35. The molecule has 2 heterocycles. The highest BCUT2D eigenvalue weighted by atomic mass is 19.4. The van der Waals surface area contributed by atoms with Gasteiger partial charge in [0.2, 0.25) is 0 Å². The molecule has 1 aromatic heterocycles. The second-order valence-electron chi connectivity index (χ2n) is 6.81. The number of hydrogen-bond acceptors (Lipinski definition) is 3. The van der Waals surface area contributed by atoms with Crippen LogP contribution in [0, 0.1) is 0 Å². The lowest BCUT2D eigenvalue weighted by Crippen LogP contribution is -2.35. The van der Waals surface area contributed by atoms with Gasteiger partial charge in [-0.15, -0.1) is 0 Å². The fraction of sp³-hybridized carbons (Fsp3) is 0.444. The van der Waals surface area contributed by atoms with Crippen LogP contribution >= 0.6 is 0 Å². The zero-order chi connectivity index (χ0) is 17.6. The van der Waals surface area contributed by atoms with Crippen molar-refractivity contribution in [3.8, 4) is 0 Å². The minimum Gasteiger partial charge on any atom is -0.310 e. The predicted octanol–water partition coefficient (Wildman–Crippen LogP) is 3.22. The SMILES string of the molecule is O=c1[nH]c(C2CC2)nc2c1CN(Cc1cccc(C(F)(F)F)c1)CC2. The zero-order valence-corrected chi connectivity index (χ0v) is 13.6. The number of H-pyrrole nitrogens is 1. The van der Waals surface area contributed by atoms with E-state index >= 15 is 0 Å². The first-order valence-corrected chi connectivity index (χ1v) is 8.40. The summed E-state index contributed by atoms with van der Waals surface area (Å²) >= 11 is 0. The average molecular weight is 349 g/mol. The number of aromatic amines is 1. The maximum Gasteiger partial charge on any atom is 0.416 e. The Morgan fingerprint density at radius 3 is 2.80 bits per heavy atom. The summed E-state index contributed by atoms with van der Waals surface area (Å²) in [6.45, 7) is 1.48. The van der Waals surface area contributed by atoms with E-state index in [9.17, 15) is 18.0 Å². The van der Waals surface area contributed by atoms with Crippen molar-refractivity contribution >= 4 is 0 Å². The van der Waals surface area contributed by atoms with E-state index in [0.717, 1.165) is 30.4 Å². The summed E-state index contributed by atoms with van der Waals surface area (Å²) in [4.78, 5) is 21.8. The van der Waals surface area contributed by atoms with E-state index in [-0.39, 0.29) is 5.56 Å². The van der Waals surface area contributed by atoms with Crippen LogP contribution in [0.3, 0.4) is 0 Å². The van der Waals surface area contributed by atoms with Crippen LogP contribution in [-0.4, -0.2) is 21.4 Å². The molecule has 0 atom stereocenters. The molecule has 25 heavy (non-hydrogen) atoms. The molecule has 0 saturated heterocycles. The van der Waals surface area contributed by atoms with Gasteiger partial charge in [-0.05, 0) is 24.5 Å². The van der Waals surface area contributed by atoms with Crippen molar-refractivity contribution in [1.82, 2.24) is 14.9 Å². The van der Waals surface area contributed by atoms with E-state index in [1.54, 1.807) is 6.07 Å². The van der Waals surface area contributed by atoms with Gasteiger partial charge < -0.3 is 4.98 Å². The summed E-state index contributed by atoms with van der Waals surface area (Å²) in [7, 11) is 0. The molecule has 0 radical (unpaired) electrons. The third-order valence-electron chi connectivity index (χ3n) is 4.79. The van der Waals surface area contributed by atoms with Gasteiger partial charge in [0.1, 0.15) is 5.82 Å². The van der Waals surface area contributed by atoms with Crippen LogP contribution in [-0.2, 0) is 25.7 Å². The topological polar surface area (TPSA) is 49.0 Å². The first kappa shape index (κ1) is 16.3. The number of hydrogen-bond donors (Lipinski definition) is 1. The van der Waals surface area contributed by atoms with Gasteiger partial charge in [-0.2, -0.15) is 13.2 Å². The molecule has 2 aliphatic rings. The van der Waals surface area contributed by atoms with Crippen LogP contribution in [0.25, 0.3) is 0 Å². The molecule has 1 saturated carbocycles. The normalized spacial score (nSPS) is 18.2. The second-order valence-corrected chi connectivity index (χ2v) is 6.81. The van der Waals surface area contributed by atoms with E-state index in [0.29, 0.717) is 43.1 Å². The van der Waals surface area contributed by atoms with E-state index in [4.69, 9.17) is 0 Å². The summed E-state index contributed by atoms with van der Waals surface area (Å²) < 4.78 is 38.5. The monoisotopic (exact) mass is 349 g/mol. The van der Waals surface area contributed by atoms with E-state index in [1.807, 2.05) is 4.90 Å². The van der Waals surface area contributed by atoms with E-state index in [1.165, 1.54) is 12.1 Å². The largest absolute Gasteiger partial charge is 0.416 e. The summed E-state index contributed by atoms with van der Waals surface area (Å²) in [5.74, 6) is 1.18. The first-order chi connectivity index (χ1) is 11.9. The lowest BCUT2D eigenvalue weighted by Gasteiger charge is -2.28. The Kier molecular flexibility index (Phi) is 3.91. The third kappa shape index (κ3) is 3.46. The second kappa shape index (κ2) is 5.98. The van der Waals surface area contributed by atoms with Crippen molar-refractivity contribution in [2.24, 2.45) is 0 Å².